The summed E-state index contributed by atoms with van der Waals surface area (Å²) in [7, 11) is 0. The summed E-state index contributed by atoms with van der Waals surface area (Å²) in [5, 5.41) is 10.1. The molecular weight excluding hydrogens is 206 g/mol. The molecule has 0 heterocycles. The number of carboxylic acid groups (broad SMARTS) is 1. The van der Waals surface area contributed by atoms with Crippen LogP contribution in [0.5, 0.6) is 0 Å². The van der Waals surface area contributed by atoms with Crippen LogP contribution in [0, 0.1) is 23.3 Å². The number of nitrogen functional groups attached to an aromatic ring is 1. The predicted octanol–water partition coefficient (Wildman–Crippen LogP) is 0.189. The number of carboxylic acids is 1. The highest BCUT2D eigenvalue weighted by atomic mass is 19.2. The first kappa shape index (κ1) is 10.3. The summed E-state index contributed by atoms with van der Waals surface area (Å²) >= 11 is 0. The van der Waals surface area contributed by atoms with E-state index in [-0.39, 0.29) is 0 Å². The van der Waals surface area contributed by atoms with Gasteiger partial charge in [-0.2, -0.15) is 0 Å². The Morgan fingerprint density at radius 1 is 1.00 bits per heavy atom. The van der Waals surface area contributed by atoms with Crippen LogP contribution in [-0.4, -0.2) is 5.97 Å². The number of carbonyl (C=O) groups is 1. The van der Waals surface area contributed by atoms with Gasteiger partial charge in [-0.15, -0.1) is 0 Å². The summed E-state index contributed by atoms with van der Waals surface area (Å²) in [5.41, 5.74) is 1.52. The molecule has 0 saturated heterocycles. The second-order valence-electron chi connectivity index (χ2n) is 2.33. The number of aromatic carboxylic acids is 1. The van der Waals surface area contributed by atoms with Crippen molar-refractivity contribution < 1.29 is 27.5 Å². The lowest BCUT2D eigenvalue weighted by Gasteiger charge is -2.09. The Morgan fingerprint density at radius 3 is 1.93 bits per heavy atom. The van der Waals surface area contributed by atoms with Gasteiger partial charge in [0, 0.05) is 0 Å². The van der Waals surface area contributed by atoms with E-state index in [4.69, 9.17) is 0 Å². The van der Waals surface area contributed by atoms with E-state index in [2.05, 4.69) is 5.73 Å². The van der Waals surface area contributed by atoms with Gasteiger partial charge in [0.15, 0.2) is 23.3 Å². The third kappa shape index (κ3) is 1.26. The number of hydrogen-bond acceptors (Lipinski definition) is 3. The quantitative estimate of drug-likeness (QED) is 0.310. The van der Waals surface area contributed by atoms with E-state index in [1.807, 2.05) is 0 Å². The maximum absolute atomic E-state index is 12.8. The highest BCUT2D eigenvalue weighted by Crippen LogP contribution is 2.25. The van der Waals surface area contributed by atoms with Crippen molar-refractivity contribution >= 4 is 11.7 Å². The zero-order valence-corrected chi connectivity index (χ0v) is 6.41. The van der Waals surface area contributed by atoms with Crippen LogP contribution in [0.25, 0.3) is 0 Å². The molecule has 0 aliphatic rings. The smallest absolute Gasteiger partial charge is 0.197 e. The lowest BCUT2D eigenvalue weighted by Crippen LogP contribution is -2.26. The molecule has 76 valence electrons. The highest BCUT2D eigenvalue weighted by molar-refractivity contribution is 5.87. The molecule has 3 nitrogen and oxygen atoms in total. The fourth-order valence-corrected chi connectivity index (χ4v) is 0.831. The van der Waals surface area contributed by atoms with Crippen molar-refractivity contribution in [2.75, 3.05) is 5.73 Å². The third-order valence-corrected chi connectivity index (χ3v) is 1.50. The van der Waals surface area contributed by atoms with Crippen molar-refractivity contribution in [2.24, 2.45) is 0 Å². The Labute approximate surface area is 74.8 Å². The van der Waals surface area contributed by atoms with Gasteiger partial charge in [0.1, 0.15) is 5.69 Å². The minimum atomic E-state index is -2.31. The van der Waals surface area contributed by atoms with Crippen molar-refractivity contribution in [3.63, 3.8) is 0 Å². The zero-order chi connectivity index (χ0) is 11.0. The minimum Gasteiger partial charge on any atom is -0.545 e. The third-order valence-electron chi connectivity index (χ3n) is 1.50. The Balaban J connectivity index is 3.68. The van der Waals surface area contributed by atoms with Crippen LogP contribution in [0.4, 0.5) is 23.2 Å². The van der Waals surface area contributed by atoms with Crippen molar-refractivity contribution in [3.05, 3.63) is 28.8 Å². The Bertz CT molecular complexity index is 390. The Kier molecular flexibility index (Phi) is 2.33. The number of anilines is 1. The summed E-state index contributed by atoms with van der Waals surface area (Å²) in [5.74, 6) is -10.5. The molecule has 1 rings (SSSR count). The van der Waals surface area contributed by atoms with Crippen molar-refractivity contribution in [1.29, 1.82) is 0 Å². The molecular formula is C7H2F4NO2-. The molecule has 0 spiro atoms. The van der Waals surface area contributed by atoms with Gasteiger partial charge < -0.3 is 15.6 Å². The Hall–Kier alpha value is -1.79. The van der Waals surface area contributed by atoms with E-state index in [0.717, 1.165) is 0 Å². The molecule has 0 bridgehead atoms. The molecule has 1 aromatic carbocycles. The molecule has 0 aliphatic heterocycles. The number of rotatable bonds is 1. The van der Waals surface area contributed by atoms with Gasteiger partial charge in [-0.25, -0.2) is 17.6 Å². The first-order valence-electron chi connectivity index (χ1n) is 3.20. The monoisotopic (exact) mass is 208 g/mol. The van der Waals surface area contributed by atoms with E-state index in [0.29, 0.717) is 0 Å². The lowest BCUT2D eigenvalue weighted by molar-refractivity contribution is -0.255. The van der Waals surface area contributed by atoms with E-state index in [9.17, 15) is 27.5 Å². The molecule has 0 aromatic heterocycles. The SMILES string of the molecule is Nc1c(F)c(F)c(F)c(C(=O)[O-])c1F. The fourth-order valence-electron chi connectivity index (χ4n) is 0.831. The molecule has 0 atom stereocenters. The first-order chi connectivity index (χ1) is 6.37. The van der Waals surface area contributed by atoms with Crippen LogP contribution in [0.2, 0.25) is 0 Å². The van der Waals surface area contributed by atoms with Crippen LogP contribution in [-0.2, 0) is 0 Å². The van der Waals surface area contributed by atoms with E-state index in [1.165, 1.54) is 0 Å². The van der Waals surface area contributed by atoms with Gasteiger partial charge in [0.2, 0.25) is 0 Å². The van der Waals surface area contributed by atoms with E-state index >= 15 is 0 Å². The standard InChI is InChI=1S/C7H3F4NO2/c8-2-1(7(13)14)3(9)6(12)5(11)4(2)10/h12H2,(H,13,14)/p-1. The van der Waals surface area contributed by atoms with Gasteiger partial charge >= 0.3 is 0 Å². The van der Waals surface area contributed by atoms with Crippen LogP contribution in [0.15, 0.2) is 0 Å². The summed E-state index contributed by atoms with van der Waals surface area (Å²) < 4.78 is 50.4. The molecule has 0 fully saturated rings. The second-order valence-corrected chi connectivity index (χ2v) is 2.33. The van der Waals surface area contributed by atoms with Crippen LogP contribution >= 0.6 is 0 Å². The van der Waals surface area contributed by atoms with Crippen LogP contribution < -0.4 is 10.8 Å². The summed E-state index contributed by atoms with van der Waals surface area (Å²) in [6.07, 6.45) is 0. The maximum atomic E-state index is 12.8. The highest BCUT2D eigenvalue weighted by Gasteiger charge is 2.24. The van der Waals surface area contributed by atoms with Gasteiger partial charge in [-0.05, 0) is 0 Å². The number of carbonyl (C=O) groups excluding carboxylic acids is 1. The van der Waals surface area contributed by atoms with Crippen LogP contribution in [0.3, 0.4) is 0 Å². The summed E-state index contributed by atoms with van der Waals surface area (Å²) in [6, 6.07) is 0. The molecule has 14 heavy (non-hydrogen) atoms. The largest absolute Gasteiger partial charge is 0.545 e. The number of benzene rings is 1. The second kappa shape index (κ2) is 3.17. The average molecular weight is 208 g/mol. The molecule has 0 unspecified atom stereocenters. The van der Waals surface area contributed by atoms with Gasteiger partial charge in [0.05, 0.1) is 11.5 Å². The lowest BCUT2D eigenvalue weighted by atomic mass is 10.1. The summed E-state index contributed by atoms with van der Waals surface area (Å²) in [6.45, 7) is 0. The van der Waals surface area contributed by atoms with Crippen molar-refractivity contribution in [1.82, 2.24) is 0 Å². The Morgan fingerprint density at radius 2 is 1.50 bits per heavy atom. The molecule has 2 N–H and O–H groups in total. The maximum Gasteiger partial charge on any atom is 0.197 e. The zero-order valence-electron chi connectivity index (χ0n) is 6.41. The van der Waals surface area contributed by atoms with Gasteiger partial charge in [0.25, 0.3) is 0 Å². The number of hydrogen-bond donors (Lipinski definition) is 1. The molecule has 0 aliphatic carbocycles. The molecule has 7 heteroatoms. The topological polar surface area (TPSA) is 66.2 Å². The molecule has 0 saturated carbocycles. The first-order valence-corrected chi connectivity index (χ1v) is 3.20. The minimum absolute atomic E-state index is 1.40. The number of halogens is 4. The molecule has 0 amide bonds. The van der Waals surface area contributed by atoms with E-state index in [1.54, 1.807) is 0 Å². The van der Waals surface area contributed by atoms with Crippen molar-refractivity contribution in [3.8, 4) is 0 Å². The van der Waals surface area contributed by atoms with Crippen LogP contribution in [0.1, 0.15) is 10.4 Å². The van der Waals surface area contributed by atoms with Crippen molar-refractivity contribution in [2.45, 2.75) is 0 Å². The molecule has 0 radical (unpaired) electrons. The number of nitrogens with two attached hydrogens (primary N) is 1. The fraction of sp³-hybridized carbons (Fsp3) is 0. The predicted molar refractivity (Wildman–Crippen MR) is 35.0 cm³/mol. The van der Waals surface area contributed by atoms with E-state index < -0.39 is 40.5 Å². The molecule has 1 aromatic rings. The van der Waals surface area contributed by atoms with Gasteiger partial charge in [-0.1, -0.05) is 0 Å². The average Bonchev–Trinajstić information content (AvgIpc) is 2.11. The van der Waals surface area contributed by atoms with Gasteiger partial charge in [-0.3, -0.25) is 0 Å². The summed E-state index contributed by atoms with van der Waals surface area (Å²) in [4.78, 5) is 10.1. The normalized spacial score (nSPS) is 10.3.